The average molecular weight is 330 g/mol. The molecule has 1 heterocycles. The second-order valence-electron chi connectivity index (χ2n) is 5.86. The van der Waals surface area contributed by atoms with Gasteiger partial charge in [-0.25, -0.2) is 8.42 Å². The van der Waals surface area contributed by atoms with E-state index in [1.165, 1.54) is 4.31 Å². The Balaban J connectivity index is 2.10. The highest BCUT2D eigenvalue weighted by molar-refractivity contribution is 7.92. The summed E-state index contributed by atoms with van der Waals surface area (Å²) >= 11 is 0. The summed E-state index contributed by atoms with van der Waals surface area (Å²) in [5.41, 5.74) is 8.86. The Morgan fingerprint density at radius 3 is 2.35 bits per heavy atom. The number of nitrogens with zero attached hydrogens (tertiary/aromatic N) is 1. The molecule has 0 saturated heterocycles. The van der Waals surface area contributed by atoms with E-state index in [9.17, 15) is 13.2 Å². The lowest BCUT2D eigenvalue weighted by Gasteiger charge is -2.20. The van der Waals surface area contributed by atoms with Crippen LogP contribution in [0.4, 0.5) is 5.69 Å². The molecule has 2 N–H and O–H groups in total. The molecule has 1 aliphatic rings. The van der Waals surface area contributed by atoms with Crippen LogP contribution < -0.4 is 10.0 Å². The number of nitrogens with two attached hydrogens (primary N) is 1. The minimum atomic E-state index is -3.66. The first kappa shape index (κ1) is 15.6. The Morgan fingerprint density at radius 2 is 1.74 bits per heavy atom. The molecule has 5 nitrogen and oxygen atoms in total. The van der Waals surface area contributed by atoms with Crippen molar-refractivity contribution in [1.29, 1.82) is 0 Å². The molecular weight excluding hydrogens is 312 g/mol. The van der Waals surface area contributed by atoms with E-state index < -0.39 is 15.9 Å². The first-order valence-electron chi connectivity index (χ1n) is 7.33. The molecule has 1 aliphatic heterocycles. The third-order valence-corrected chi connectivity index (χ3v) is 5.80. The SMILES string of the molecule is Cc1cc(C)cc(S(=O)(=O)N2CCc3ccc(C(N)=O)cc32)c1. The van der Waals surface area contributed by atoms with E-state index in [1.54, 1.807) is 30.3 Å². The zero-order valence-corrected chi connectivity index (χ0v) is 13.9. The van der Waals surface area contributed by atoms with Gasteiger partial charge in [0.05, 0.1) is 10.6 Å². The summed E-state index contributed by atoms with van der Waals surface area (Å²) < 4.78 is 27.3. The minimum Gasteiger partial charge on any atom is -0.366 e. The lowest BCUT2D eigenvalue weighted by molar-refractivity contribution is 0.100. The first-order chi connectivity index (χ1) is 10.8. The third-order valence-electron chi connectivity index (χ3n) is 4.01. The van der Waals surface area contributed by atoms with Crippen molar-refractivity contribution in [2.45, 2.75) is 25.2 Å². The molecular formula is C17H18N2O3S. The molecule has 0 spiro atoms. The highest BCUT2D eigenvalue weighted by Gasteiger charge is 2.31. The number of hydrogen-bond acceptors (Lipinski definition) is 3. The van der Waals surface area contributed by atoms with Crippen LogP contribution >= 0.6 is 0 Å². The predicted octanol–water partition coefficient (Wildman–Crippen LogP) is 2.15. The van der Waals surface area contributed by atoms with Crippen LogP contribution in [0.1, 0.15) is 27.0 Å². The molecule has 0 aromatic heterocycles. The number of carbonyl (C=O) groups is 1. The summed E-state index contributed by atoms with van der Waals surface area (Å²) in [5.74, 6) is -0.566. The fourth-order valence-electron chi connectivity index (χ4n) is 2.96. The Labute approximate surface area is 135 Å². The monoisotopic (exact) mass is 330 g/mol. The van der Waals surface area contributed by atoms with Crippen molar-refractivity contribution in [3.8, 4) is 0 Å². The second kappa shape index (κ2) is 5.38. The van der Waals surface area contributed by atoms with Crippen LogP contribution in [0.25, 0.3) is 0 Å². The van der Waals surface area contributed by atoms with Crippen LogP contribution in [0.5, 0.6) is 0 Å². The Kier molecular flexibility index (Phi) is 3.64. The fourth-order valence-corrected chi connectivity index (χ4v) is 4.65. The first-order valence-corrected chi connectivity index (χ1v) is 8.77. The van der Waals surface area contributed by atoms with Crippen LogP contribution in [0.15, 0.2) is 41.3 Å². The van der Waals surface area contributed by atoms with Gasteiger partial charge >= 0.3 is 0 Å². The van der Waals surface area contributed by atoms with E-state index in [0.717, 1.165) is 16.7 Å². The van der Waals surface area contributed by atoms with E-state index in [-0.39, 0.29) is 4.90 Å². The van der Waals surface area contributed by atoms with Gasteiger partial charge < -0.3 is 5.73 Å². The Bertz CT molecular complexity index is 884. The highest BCUT2D eigenvalue weighted by Crippen LogP contribution is 2.34. The molecule has 1 amide bonds. The normalized spacial score (nSPS) is 13.9. The number of benzene rings is 2. The molecule has 0 aliphatic carbocycles. The van der Waals surface area contributed by atoms with Crippen molar-refractivity contribution in [2.75, 3.05) is 10.8 Å². The number of aryl methyl sites for hydroxylation is 2. The average Bonchev–Trinajstić information content (AvgIpc) is 2.89. The number of rotatable bonds is 3. The van der Waals surface area contributed by atoms with Crippen molar-refractivity contribution >= 4 is 21.6 Å². The molecule has 3 rings (SSSR count). The summed E-state index contributed by atoms with van der Waals surface area (Å²) in [6.07, 6.45) is 0.623. The van der Waals surface area contributed by atoms with E-state index >= 15 is 0 Å². The molecule has 23 heavy (non-hydrogen) atoms. The van der Waals surface area contributed by atoms with Gasteiger partial charge in [-0.1, -0.05) is 12.1 Å². The molecule has 0 bridgehead atoms. The second-order valence-corrected chi connectivity index (χ2v) is 7.72. The molecule has 120 valence electrons. The van der Waals surface area contributed by atoms with Crippen molar-refractivity contribution in [1.82, 2.24) is 0 Å². The number of primary amides is 1. The van der Waals surface area contributed by atoms with E-state index in [0.29, 0.717) is 24.2 Å². The summed E-state index contributed by atoms with van der Waals surface area (Å²) in [7, 11) is -3.66. The van der Waals surface area contributed by atoms with Gasteiger partial charge in [-0.15, -0.1) is 0 Å². The number of hydrogen-bond donors (Lipinski definition) is 1. The lowest BCUT2D eigenvalue weighted by atomic mass is 10.1. The molecule has 0 atom stereocenters. The maximum absolute atomic E-state index is 13.0. The number of sulfonamides is 1. The quantitative estimate of drug-likeness (QED) is 0.936. The van der Waals surface area contributed by atoms with Gasteiger partial charge in [-0.2, -0.15) is 0 Å². The van der Waals surface area contributed by atoms with Gasteiger partial charge in [0.25, 0.3) is 10.0 Å². The lowest BCUT2D eigenvalue weighted by Crippen LogP contribution is -2.29. The van der Waals surface area contributed by atoms with E-state index in [1.807, 2.05) is 19.9 Å². The Morgan fingerprint density at radius 1 is 1.09 bits per heavy atom. The molecule has 0 radical (unpaired) electrons. The zero-order valence-electron chi connectivity index (χ0n) is 13.0. The minimum absolute atomic E-state index is 0.271. The van der Waals surface area contributed by atoms with Gasteiger partial charge in [-0.05, 0) is 61.2 Å². The summed E-state index contributed by atoms with van der Waals surface area (Å²) in [6, 6.07) is 10.2. The molecule has 0 saturated carbocycles. The zero-order chi connectivity index (χ0) is 16.8. The van der Waals surface area contributed by atoms with Crippen molar-refractivity contribution < 1.29 is 13.2 Å². The maximum atomic E-state index is 13.0. The topological polar surface area (TPSA) is 80.5 Å². The largest absolute Gasteiger partial charge is 0.366 e. The molecule has 0 unspecified atom stereocenters. The summed E-state index contributed by atoms with van der Waals surface area (Å²) in [4.78, 5) is 11.6. The van der Waals surface area contributed by atoms with E-state index in [4.69, 9.17) is 5.73 Å². The van der Waals surface area contributed by atoms with Crippen molar-refractivity contribution in [3.05, 3.63) is 58.7 Å². The fraction of sp³-hybridized carbons (Fsp3) is 0.235. The molecule has 2 aromatic rings. The molecule has 0 fully saturated rings. The molecule has 2 aromatic carbocycles. The predicted molar refractivity (Wildman–Crippen MR) is 89.1 cm³/mol. The van der Waals surface area contributed by atoms with Gasteiger partial charge in [0.15, 0.2) is 0 Å². The third kappa shape index (κ3) is 2.70. The van der Waals surface area contributed by atoms with Crippen molar-refractivity contribution in [3.63, 3.8) is 0 Å². The summed E-state index contributed by atoms with van der Waals surface area (Å²) in [5, 5.41) is 0. The smallest absolute Gasteiger partial charge is 0.264 e. The number of anilines is 1. The van der Waals surface area contributed by atoms with Gasteiger partial charge in [0, 0.05) is 12.1 Å². The number of fused-ring (bicyclic) bond motifs is 1. The van der Waals surface area contributed by atoms with Crippen LogP contribution in [-0.2, 0) is 16.4 Å². The number of amides is 1. The highest BCUT2D eigenvalue weighted by atomic mass is 32.2. The van der Waals surface area contributed by atoms with Gasteiger partial charge in [0.2, 0.25) is 5.91 Å². The van der Waals surface area contributed by atoms with Gasteiger partial charge in [0.1, 0.15) is 0 Å². The summed E-state index contributed by atoms with van der Waals surface area (Å²) in [6.45, 7) is 4.11. The maximum Gasteiger partial charge on any atom is 0.264 e. The van der Waals surface area contributed by atoms with Crippen LogP contribution in [-0.4, -0.2) is 20.9 Å². The van der Waals surface area contributed by atoms with E-state index in [2.05, 4.69) is 0 Å². The van der Waals surface area contributed by atoms with Crippen LogP contribution in [0, 0.1) is 13.8 Å². The Hall–Kier alpha value is -2.34. The standard InChI is InChI=1S/C17H18N2O3S/c1-11-7-12(2)9-15(8-11)23(21,22)19-6-5-13-3-4-14(17(18)20)10-16(13)19/h3-4,7-10H,5-6H2,1-2H3,(H2,18,20). The number of carbonyl (C=O) groups excluding carboxylic acids is 1. The van der Waals surface area contributed by atoms with Gasteiger partial charge in [-0.3, -0.25) is 9.10 Å². The van der Waals surface area contributed by atoms with Crippen LogP contribution in [0.3, 0.4) is 0 Å². The molecule has 6 heteroatoms. The van der Waals surface area contributed by atoms with Crippen LogP contribution in [0.2, 0.25) is 0 Å². The van der Waals surface area contributed by atoms with Crippen molar-refractivity contribution in [2.24, 2.45) is 5.73 Å².